The molecule has 11 atom stereocenters. The topological polar surface area (TPSA) is 261 Å². The van der Waals surface area contributed by atoms with Crippen LogP contribution >= 0.6 is 7.82 Å². The molecule has 32 heavy (non-hydrogen) atoms. The van der Waals surface area contributed by atoms with Gasteiger partial charge < -0.3 is 45.4 Å². The number of aromatic amines is 1. The lowest BCUT2D eigenvalue weighted by molar-refractivity contribution is -0.220. The molecule has 17 heteroatoms. The highest BCUT2D eigenvalue weighted by atomic mass is 31.2. The van der Waals surface area contributed by atoms with E-state index in [4.69, 9.17) is 4.74 Å². The maximum Gasteiger partial charge on any atom is 0.472 e. The molecule has 2 aliphatic rings. The number of nitrogens with one attached hydrogen (secondary N) is 1. The molecular formula is C15H23N2O14P. The van der Waals surface area contributed by atoms with Crippen molar-refractivity contribution in [2.75, 3.05) is 6.61 Å². The first-order chi connectivity index (χ1) is 14.8. The standard InChI is InChI=1S/C15H23N2O14P/c18-5-1-2-17(15(26)16-5)14-12(25)6(19)4(30-14)3-29-32(27,28)31-13-10(23)8(21)7(20)9(22)11(13)24/h1-2,4,6-14,19-25H,3H2,(H,27,28)(H,16,18,26)/t4-,6-,7?,8-,9+,10-,11-,12-,13?,14-/m1/s1. The van der Waals surface area contributed by atoms with E-state index in [2.05, 4.69) is 9.05 Å². The van der Waals surface area contributed by atoms with Gasteiger partial charge in [-0.25, -0.2) is 9.36 Å². The molecular weight excluding hydrogens is 463 g/mol. The van der Waals surface area contributed by atoms with Gasteiger partial charge in [0.2, 0.25) is 0 Å². The normalized spacial score (nSPS) is 42.0. The van der Waals surface area contributed by atoms with Crippen LogP contribution in [0.1, 0.15) is 6.23 Å². The number of aliphatic hydroxyl groups excluding tert-OH is 7. The van der Waals surface area contributed by atoms with Crippen LogP contribution in [0, 0.1) is 0 Å². The zero-order valence-corrected chi connectivity index (χ0v) is 17.0. The number of phosphoric ester groups is 1. The van der Waals surface area contributed by atoms with Crippen LogP contribution in [0.2, 0.25) is 0 Å². The Morgan fingerprint density at radius 3 is 2.06 bits per heavy atom. The van der Waals surface area contributed by atoms with E-state index in [1.807, 2.05) is 4.98 Å². The van der Waals surface area contributed by atoms with Crippen LogP contribution in [0.15, 0.2) is 21.9 Å². The summed E-state index contributed by atoms with van der Waals surface area (Å²) in [6.07, 6.45) is -17.5. The summed E-state index contributed by atoms with van der Waals surface area (Å²) < 4.78 is 27.6. The van der Waals surface area contributed by atoms with Gasteiger partial charge in [-0.2, -0.15) is 0 Å². The summed E-state index contributed by atoms with van der Waals surface area (Å²) in [5.74, 6) is 0. The number of ether oxygens (including phenoxy) is 1. The molecule has 1 saturated heterocycles. The SMILES string of the molecule is O=c1ccn([C@@H]2O[C@H](COP(=O)(O)OC3[C@H](O)[C@H](O)C(O)[C@H](O)[C@H]3O)[C@@H](O)[C@H]2O)c(=O)[nH]1. The first-order valence-electron chi connectivity index (χ1n) is 9.23. The van der Waals surface area contributed by atoms with E-state index in [-0.39, 0.29) is 0 Å². The smallest absolute Gasteiger partial charge is 0.387 e. The van der Waals surface area contributed by atoms with Crippen molar-refractivity contribution in [3.63, 3.8) is 0 Å². The van der Waals surface area contributed by atoms with Crippen molar-refractivity contribution >= 4 is 7.82 Å². The highest BCUT2D eigenvalue weighted by Crippen LogP contribution is 2.47. The van der Waals surface area contributed by atoms with Crippen LogP contribution in [0.4, 0.5) is 0 Å². The van der Waals surface area contributed by atoms with Crippen molar-refractivity contribution in [3.8, 4) is 0 Å². The average molecular weight is 486 g/mol. The Balaban J connectivity index is 1.66. The summed E-state index contributed by atoms with van der Waals surface area (Å²) in [4.78, 5) is 34.8. The summed E-state index contributed by atoms with van der Waals surface area (Å²) in [5.41, 5.74) is -1.67. The summed E-state index contributed by atoms with van der Waals surface area (Å²) in [6, 6.07) is 0.962. The molecule has 3 rings (SSSR count). The molecule has 0 spiro atoms. The zero-order chi connectivity index (χ0) is 24.0. The van der Waals surface area contributed by atoms with E-state index < -0.39 is 86.8 Å². The molecule has 182 valence electrons. The predicted octanol–water partition coefficient (Wildman–Crippen LogP) is -5.52. The quantitative estimate of drug-likeness (QED) is 0.170. The fraction of sp³-hybridized carbons (Fsp3) is 0.733. The van der Waals surface area contributed by atoms with Crippen LogP contribution in [0.3, 0.4) is 0 Å². The molecule has 3 unspecified atom stereocenters. The van der Waals surface area contributed by atoms with Gasteiger partial charge in [0, 0.05) is 12.3 Å². The molecule has 0 amide bonds. The molecule has 1 aromatic heterocycles. The molecule has 1 saturated carbocycles. The second-order valence-corrected chi connectivity index (χ2v) is 8.76. The molecule has 1 aliphatic heterocycles. The predicted molar refractivity (Wildman–Crippen MR) is 97.9 cm³/mol. The van der Waals surface area contributed by atoms with Gasteiger partial charge in [0.05, 0.1) is 6.61 Å². The summed E-state index contributed by atoms with van der Waals surface area (Å²) in [7, 11) is -5.13. The number of nitrogens with zero attached hydrogens (tertiary/aromatic N) is 1. The average Bonchev–Trinajstić information content (AvgIpc) is 3.01. The van der Waals surface area contributed by atoms with E-state index in [0.717, 1.165) is 16.8 Å². The highest BCUT2D eigenvalue weighted by molar-refractivity contribution is 7.47. The van der Waals surface area contributed by atoms with Crippen molar-refractivity contribution in [3.05, 3.63) is 33.1 Å². The molecule has 1 aromatic rings. The molecule has 2 heterocycles. The van der Waals surface area contributed by atoms with Crippen LogP contribution in [-0.2, 0) is 18.3 Å². The van der Waals surface area contributed by atoms with E-state index in [0.29, 0.717) is 0 Å². The third-order valence-corrected chi connectivity index (χ3v) is 6.18. The largest absolute Gasteiger partial charge is 0.472 e. The van der Waals surface area contributed by atoms with Crippen molar-refractivity contribution in [1.29, 1.82) is 0 Å². The fourth-order valence-corrected chi connectivity index (χ4v) is 4.35. The van der Waals surface area contributed by atoms with Crippen LogP contribution in [-0.4, -0.2) is 112 Å². The molecule has 0 bridgehead atoms. The van der Waals surface area contributed by atoms with Crippen LogP contribution in [0.5, 0.6) is 0 Å². The Labute approximate surface area is 178 Å². The monoisotopic (exact) mass is 486 g/mol. The number of H-pyrrole nitrogens is 1. The number of hydrogen-bond acceptors (Lipinski definition) is 13. The van der Waals surface area contributed by atoms with Gasteiger partial charge in [0.15, 0.2) is 6.23 Å². The van der Waals surface area contributed by atoms with Crippen molar-refractivity contribution in [1.82, 2.24) is 9.55 Å². The molecule has 0 aromatic carbocycles. The Bertz CT molecular complexity index is 952. The van der Waals surface area contributed by atoms with Crippen LogP contribution < -0.4 is 11.2 Å². The summed E-state index contributed by atoms with van der Waals surface area (Å²) in [6.45, 7) is -0.882. The van der Waals surface area contributed by atoms with E-state index in [9.17, 15) is 54.8 Å². The van der Waals surface area contributed by atoms with Gasteiger partial charge in [-0.1, -0.05) is 0 Å². The fourth-order valence-electron chi connectivity index (χ4n) is 3.40. The number of aliphatic hydroxyl groups is 7. The third-order valence-electron chi connectivity index (χ3n) is 5.19. The maximum absolute atomic E-state index is 12.2. The lowest BCUT2D eigenvalue weighted by atomic mass is 9.85. The van der Waals surface area contributed by atoms with Gasteiger partial charge in [0.25, 0.3) is 5.56 Å². The lowest BCUT2D eigenvalue weighted by Crippen LogP contribution is -2.64. The van der Waals surface area contributed by atoms with Gasteiger partial charge in [-0.15, -0.1) is 0 Å². The minimum atomic E-state index is -5.13. The van der Waals surface area contributed by atoms with E-state index in [1.54, 1.807) is 0 Å². The van der Waals surface area contributed by atoms with Gasteiger partial charge in [-0.3, -0.25) is 23.4 Å². The minimum absolute atomic E-state index is 0.715. The highest BCUT2D eigenvalue weighted by Gasteiger charge is 2.52. The first-order valence-corrected chi connectivity index (χ1v) is 10.7. The first kappa shape index (κ1) is 25.1. The Hall–Kier alpha value is -1.53. The summed E-state index contributed by atoms with van der Waals surface area (Å²) in [5, 5.41) is 68.8. The second-order valence-electron chi connectivity index (χ2n) is 7.35. The van der Waals surface area contributed by atoms with Gasteiger partial charge in [0.1, 0.15) is 54.9 Å². The Morgan fingerprint density at radius 1 is 0.938 bits per heavy atom. The van der Waals surface area contributed by atoms with Crippen LogP contribution in [0.25, 0.3) is 0 Å². The van der Waals surface area contributed by atoms with Crippen molar-refractivity contribution in [2.45, 2.75) is 61.2 Å². The van der Waals surface area contributed by atoms with Crippen molar-refractivity contribution in [2.24, 2.45) is 0 Å². The lowest BCUT2D eigenvalue weighted by Gasteiger charge is -2.41. The number of phosphoric acid groups is 1. The minimum Gasteiger partial charge on any atom is -0.387 e. The third kappa shape index (κ3) is 4.86. The van der Waals surface area contributed by atoms with E-state index in [1.165, 1.54) is 0 Å². The van der Waals surface area contributed by atoms with Crippen molar-refractivity contribution < 1.29 is 59.0 Å². The van der Waals surface area contributed by atoms with Gasteiger partial charge in [-0.05, 0) is 0 Å². The summed E-state index contributed by atoms with van der Waals surface area (Å²) >= 11 is 0. The second kappa shape index (κ2) is 9.38. The molecule has 1 aliphatic carbocycles. The zero-order valence-electron chi connectivity index (χ0n) is 16.1. The molecule has 9 N–H and O–H groups in total. The molecule has 2 fully saturated rings. The number of aromatic nitrogens is 2. The van der Waals surface area contributed by atoms with Gasteiger partial charge >= 0.3 is 13.5 Å². The Kier molecular flexibility index (Phi) is 7.36. The number of rotatable bonds is 6. The number of hydrogen-bond donors (Lipinski definition) is 9. The maximum atomic E-state index is 12.2. The molecule has 0 radical (unpaired) electrons. The molecule has 16 nitrogen and oxygen atoms in total. The van der Waals surface area contributed by atoms with E-state index >= 15 is 0 Å². The Morgan fingerprint density at radius 2 is 1.50 bits per heavy atom.